The lowest BCUT2D eigenvalue weighted by molar-refractivity contribution is -0.132. The fourth-order valence-corrected chi connectivity index (χ4v) is 3.47. The molecule has 3 atom stereocenters. The summed E-state index contributed by atoms with van der Waals surface area (Å²) in [7, 11) is 0. The summed E-state index contributed by atoms with van der Waals surface area (Å²) in [5.41, 5.74) is 4.22. The SMILES string of the molecule is CC(=O)N1[C@@H](C2C(=O)NN=C2C)C[C@H](C)N1c1ccccc1. The molecule has 1 saturated heterocycles. The van der Waals surface area contributed by atoms with Crippen molar-refractivity contribution in [1.82, 2.24) is 10.4 Å². The Morgan fingerprint density at radius 3 is 2.55 bits per heavy atom. The normalized spacial score (nSPS) is 27.9. The molecule has 1 fully saturated rings. The third kappa shape index (κ3) is 2.24. The quantitative estimate of drug-likeness (QED) is 0.901. The van der Waals surface area contributed by atoms with Gasteiger partial charge in [0.15, 0.2) is 0 Å². The first-order valence-corrected chi connectivity index (χ1v) is 7.48. The molecule has 2 heterocycles. The fourth-order valence-electron chi connectivity index (χ4n) is 3.47. The molecule has 2 amide bonds. The monoisotopic (exact) mass is 300 g/mol. The van der Waals surface area contributed by atoms with Crippen LogP contribution in [-0.2, 0) is 9.59 Å². The van der Waals surface area contributed by atoms with E-state index in [-0.39, 0.29) is 29.8 Å². The predicted octanol–water partition coefficient (Wildman–Crippen LogP) is 1.54. The number of carbonyl (C=O) groups excluding carboxylic acids is 2. The number of nitrogens with one attached hydrogen (secondary N) is 1. The van der Waals surface area contributed by atoms with Gasteiger partial charge in [0.05, 0.1) is 11.7 Å². The molecule has 0 radical (unpaired) electrons. The Morgan fingerprint density at radius 2 is 2.00 bits per heavy atom. The molecule has 1 N–H and O–H groups in total. The van der Waals surface area contributed by atoms with Crippen molar-refractivity contribution in [2.75, 3.05) is 5.01 Å². The van der Waals surface area contributed by atoms with Gasteiger partial charge in [0, 0.05) is 18.7 Å². The van der Waals surface area contributed by atoms with Crippen molar-refractivity contribution in [2.24, 2.45) is 11.0 Å². The molecule has 1 aromatic rings. The van der Waals surface area contributed by atoms with E-state index in [0.29, 0.717) is 0 Å². The number of amides is 2. The van der Waals surface area contributed by atoms with Crippen molar-refractivity contribution in [3.63, 3.8) is 0 Å². The van der Waals surface area contributed by atoms with Crippen molar-refractivity contribution < 1.29 is 9.59 Å². The molecule has 2 aliphatic heterocycles. The molecule has 1 unspecified atom stereocenters. The second-order valence-corrected chi connectivity index (χ2v) is 5.90. The number of hydrogen-bond donors (Lipinski definition) is 1. The molecular formula is C16H20N4O2. The lowest BCUT2D eigenvalue weighted by Gasteiger charge is -2.36. The van der Waals surface area contributed by atoms with Crippen molar-refractivity contribution in [1.29, 1.82) is 0 Å². The van der Waals surface area contributed by atoms with Gasteiger partial charge in [-0.25, -0.2) is 10.4 Å². The third-order valence-corrected chi connectivity index (χ3v) is 4.35. The Morgan fingerprint density at radius 1 is 1.32 bits per heavy atom. The minimum Gasteiger partial charge on any atom is -0.280 e. The third-order valence-electron chi connectivity index (χ3n) is 4.35. The maximum atomic E-state index is 12.3. The second kappa shape index (κ2) is 5.44. The van der Waals surface area contributed by atoms with Gasteiger partial charge in [0.1, 0.15) is 5.92 Å². The van der Waals surface area contributed by atoms with Crippen LogP contribution in [-0.4, -0.2) is 34.6 Å². The molecule has 22 heavy (non-hydrogen) atoms. The number of benzene rings is 1. The summed E-state index contributed by atoms with van der Waals surface area (Å²) in [5.74, 6) is -0.568. The van der Waals surface area contributed by atoms with Crippen LogP contribution in [0.15, 0.2) is 35.4 Å². The average Bonchev–Trinajstić information content (AvgIpc) is 2.99. The molecule has 116 valence electrons. The highest BCUT2D eigenvalue weighted by molar-refractivity contribution is 6.08. The van der Waals surface area contributed by atoms with Gasteiger partial charge < -0.3 is 0 Å². The summed E-state index contributed by atoms with van der Waals surface area (Å²) in [5, 5.41) is 7.73. The number of para-hydroxylation sites is 1. The van der Waals surface area contributed by atoms with Gasteiger partial charge in [0.2, 0.25) is 5.91 Å². The highest BCUT2D eigenvalue weighted by Crippen LogP contribution is 2.35. The minimum atomic E-state index is -0.375. The molecular weight excluding hydrogens is 280 g/mol. The maximum Gasteiger partial charge on any atom is 0.251 e. The Labute approximate surface area is 129 Å². The smallest absolute Gasteiger partial charge is 0.251 e. The Bertz CT molecular complexity index is 628. The number of hydrazine groups is 1. The molecule has 2 aliphatic rings. The minimum absolute atomic E-state index is 0.0642. The Hall–Kier alpha value is -2.37. The van der Waals surface area contributed by atoms with Crippen LogP contribution in [0.2, 0.25) is 0 Å². The van der Waals surface area contributed by atoms with Crippen LogP contribution in [0.5, 0.6) is 0 Å². The highest BCUT2D eigenvalue weighted by atomic mass is 16.2. The molecule has 6 nitrogen and oxygen atoms in total. The highest BCUT2D eigenvalue weighted by Gasteiger charge is 2.47. The average molecular weight is 300 g/mol. The number of hydrazone groups is 1. The van der Waals surface area contributed by atoms with E-state index in [1.165, 1.54) is 0 Å². The lowest BCUT2D eigenvalue weighted by Crippen LogP contribution is -2.51. The molecule has 0 spiro atoms. The summed E-state index contributed by atoms with van der Waals surface area (Å²) >= 11 is 0. The molecule has 6 heteroatoms. The second-order valence-electron chi connectivity index (χ2n) is 5.90. The van der Waals surface area contributed by atoms with Crippen LogP contribution < -0.4 is 10.4 Å². The zero-order valence-electron chi connectivity index (χ0n) is 13.0. The first kappa shape index (κ1) is 14.6. The van der Waals surface area contributed by atoms with E-state index >= 15 is 0 Å². The molecule has 0 bridgehead atoms. The first-order valence-electron chi connectivity index (χ1n) is 7.48. The zero-order chi connectivity index (χ0) is 15.9. The zero-order valence-corrected chi connectivity index (χ0v) is 13.0. The lowest BCUT2D eigenvalue weighted by atomic mass is 9.91. The van der Waals surface area contributed by atoms with Gasteiger partial charge in [0.25, 0.3) is 5.91 Å². The summed E-state index contributed by atoms with van der Waals surface area (Å²) in [6.45, 7) is 5.44. The maximum absolute atomic E-state index is 12.3. The molecule has 0 aliphatic carbocycles. The number of rotatable bonds is 2. The van der Waals surface area contributed by atoms with E-state index in [4.69, 9.17) is 0 Å². The molecule has 3 rings (SSSR count). The van der Waals surface area contributed by atoms with Crippen LogP contribution in [0.4, 0.5) is 5.69 Å². The van der Waals surface area contributed by atoms with Crippen LogP contribution in [0.1, 0.15) is 27.2 Å². The first-order chi connectivity index (χ1) is 10.5. The van der Waals surface area contributed by atoms with Gasteiger partial charge in [-0.3, -0.25) is 14.6 Å². The van der Waals surface area contributed by atoms with Gasteiger partial charge in [-0.05, 0) is 32.4 Å². The predicted molar refractivity (Wildman–Crippen MR) is 84.0 cm³/mol. The van der Waals surface area contributed by atoms with E-state index in [1.54, 1.807) is 11.9 Å². The largest absolute Gasteiger partial charge is 0.280 e. The molecule has 1 aromatic carbocycles. The van der Waals surface area contributed by atoms with Gasteiger partial charge in [-0.1, -0.05) is 18.2 Å². The number of hydrogen-bond acceptors (Lipinski definition) is 4. The van der Waals surface area contributed by atoms with Crippen molar-refractivity contribution in [3.05, 3.63) is 30.3 Å². The summed E-state index contributed by atoms with van der Waals surface area (Å²) < 4.78 is 0. The van der Waals surface area contributed by atoms with Crippen LogP contribution in [0.3, 0.4) is 0 Å². The molecule has 0 aromatic heterocycles. The van der Waals surface area contributed by atoms with Gasteiger partial charge >= 0.3 is 0 Å². The standard InChI is InChI=1S/C16H20N4O2/c1-10-9-14(15-11(2)17-18-16(15)22)20(12(3)21)19(10)13-7-5-4-6-8-13/h4-8,10,14-15H,9H2,1-3H3,(H,18,22)/t10-,14+,15?/m0/s1. The number of anilines is 1. The van der Waals surface area contributed by atoms with Crippen LogP contribution in [0.25, 0.3) is 0 Å². The van der Waals surface area contributed by atoms with E-state index in [0.717, 1.165) is 17.8 Å². The summed E-state index contributed by atoms with van der Waals surface area (Å²) in [6, 6.07) is 9.73. The Balaban J connectivity index is 1.98. The van der Waals surface area contributed by atoms with E-state index in [2.05, 4.69) is 17.5 Å². The van der Waals surface area contributed by atoms with Gasteiger partial charge in [-0.15, -0.1) is 0 Å². The van der Waals surface area contributed by atoms with Crippen LogP contribution in [0, 0.1) is 5.92 Å². The van der Waals surface area contributed by atoms with E-state index in [1.807, 2.05) is 42.3 Å². The van der Waals surface area contributed by atoms with Crippen molar-refractivity contribution in [2.45, 2.75) is 39.3 Å². The van der Waals surface area contributed by atoms with Crippen molar-refractivity contribution in [3.8, 4) is 0 Å². The fraction of sp³-hybridized carbons (Fsp3) is 0.438. The summed E-state index contributed by atoms with van der Waals surface area (Å²) in [4.78, 5) is 24.4. The summed E-state index contributed by atoms with van der Waals surface area (Å²) in [6.07, 6.45) is 0.736. The molecule has 0 saturated carbocycles. The van der Waals surface area contributed by atoms with Crippen LogP contribution >= 0.6 is 0 Å². The van der Waals surface area contributed by atoms with E-state index < -0.39 is 0 Å². The topological polar surface area (TPSA) is 65.0 Å². The number of nitrogens with zero attached hydrogens (tertiary/aromatic N) is 3. The van der Waals surface area contributed by atoms with Gasteiger partial charge in [-0.2, -0.15) is 5.10 Å². The van der Waals surface area contributed by atoms with E-state index in [9.17, 15) is 9.59 Å². The Kier molecular flexibility index (Phi) is 3.60. The number of carbonyl (C=O) groups is 2. The van der Waals surface area contributed by atoms with Crippen molar-refractivity contribution >= 4 is 23.2 Å².